The summed E-state index contributed by atoms with van der Waals surface area (Å²) in [4.78, 5) is 11.7. The standard InChI is InChI=1S/C22H22F4O6/c23-17-6-4-14(20(27)22(24,25)26)12-15(17)13-5-7-18(16(11-13)21(28)29)30-9-10-32-19-3-1-2-8-31-19/h4-7,11-12,19-20,27H,1-3,8-10H2,(H,28,29). The van der Waals surface area contributed by atoms with Crippen LogP contribution in [0.3, 0.4) is 0 Å². The Bertz CT molecular complexity index is 941. The summed E-state index contributed by atoms with van der Waals surface area (Å²) in [5.41, 5.74) is -1.11. The summed E-state index contributed by atoms with van der Waals surface area (Å²) in [7, 11) is 0. The summed E-state index contributed by atoms with van der Waals surface area (Å²) < 4.78 is 69.1. The molecule has 1 aliphatic heterocycles. The second-order valence-corrected chi connectivity index (χ2v) is 7.21. The molecule has 2 unspecified atom stereocenters. The summed E-state index contributed by atoms with van der Waals surface area (Å²) >= 11 is 0. The molecule has 2 N–H and O–H groups in total. The zero-order chi connectivity index (χ0) is 23.3. The molecule has 2 aromatic rings. The molecule has 0 aliphatic carbocycles. The highest BCUT2D eigenvalue weighted by atomic mass is 19.4. The Morgan fingerprint density at radius 3 is 2.59 bits per heavy atom. The fraction of sp³-hybridized carbons (Fsp3) is 0.409. The minimum atomic E-state index is -4.93. The van der Waals surface area contributed by atoms with Crippen molar-refractivity contribution in [2.75, 3.05) is 19.8 Å². The van der Waals surface area contributed by atoms with E-state index in [4.69, 9.17) is 14.2 Å². The minimum absolute atomic E-state index is 0.00121. The zero-order valence-electron chi connectivity index (χ0n) is 16.9. The molecule has 2 atom stereocenters. The highest BCUT2D eigenvalue weighted by Crippen LogP contribution is 2.36. The largest absolute Gasteiger partial charge is 0.490 e. The third-order valence-electron chi connectivity index (χ3n) is 4.92. The van der Waals surface area contributed by atoms with Gasteiger partial charge in [-0.3, -0.25) is 0 Å². The lowest BCUT2D eigenvalue weighted by Gasteiger charge is -2.22. The first-order valence-corrected chi connectivity index (χ1v) is 9.95. The molecule has 0 bridgehead atoms. The first-order chi connectivity index (χ1) is 15.2. The van der Waals surface area contributed by atoms with Gasteiger partial charge in [-0.15, -0.1) is 0 Å². The number of alkyl halides is 3. The van der Waals surface area contributed by atoms with Gasteiger partial charge in [0.05, 0.1) is 6.61 Å². The third kappa shape index (κ3) is 5.96. The molecule has 0 amide bonds. The molecule has 1 fully saturated rings. The number of carboxylic acid groups (broad SMARTS) is 1. The van der Waals surface area contributed by atoms with Crippen molar-refractivity contribution in [1.29, 1.82) is 0 Å². The summed E-state index contributed by atoms with van der Waals surface area (Å²) in [6.45, 7) is 0.826. The van der Waals surface area contributed by atoms with Crippen LogP contribution in [0.5, 0.6) is 5.75 Å². The van der Waals surface area contributed by atoms with Gasteiger partial charge in [0.25, 0.3) is 0 Å². The van der Waals surface area contributed by atoms with Crippen molar-refractivity contribution in [2.45, 2.75) is 37.8 Å². The number of hydrogen-bond acceptors (Lipinski definition) is 5. The van der Waals surface area contributed by atoms with Crippen LogP contribution in [-0.4, -0.2) is 48.5 Å². The molecule has 0 saturated carbocycles. The van der Waals surface area contributed by atoms with Crippen LogP contribution in [0.2, 0.25) is 0 Å². The Balaban J connectivity index is 1.76. The zero-order valence-corrected chi connectivity index (χ0v) is 16.9. The lowest BCUT2D eigenvalue weighted by molar-refractivity contribution is -0.206. The second kappa shape index (κ2) is 10.3. The number of ether oxygens (including phenoxy) is 3. The molecule has 3 rings (SSSR count). The van der Waals surface area contributed by atoms with E-state index in [1.165, 1.54) is 12.1 Å². The smallest absolute Gasteiger partial charge is 0.418 e. The number of carboxylic acids is 1. The Morgan fingerprint density at radius 1 is 1.16 bits per heavy atom. The van der Waals surface area contributed by atoms with Gasteiger partial charge in [-0.05, 0) is 54.7 Å². The Hall–Kier alpha value is -2.69. The molecule has 10 heteroatoms. The van der Waals surface area contributed by atoms with Gasteiger partial charge < -0.3 is 24.4 Å². The monoisotopic (exact) mass is 458 g/mol. The average molecular weight is 458 g/mol. The van der Waals surface area contributed by atoms with Gasteiger partial charge >= 0.3 is 12.1 Å². The summed E-state index contributed by atoms with van der Waals surface area (Å²) in [5.74, 6) is -2.22. The topological polar surface area (TPSA) is 85.2 Å². The molecular weight excluding hydrogens is 436 g/mol. The number of rotatable bonds is 8. The maximum atomic E-state index is 14.3. The second-order valence-electron chi connectivity index (χ2n) is 7.21. The number of carbonyl (C=O) groups is 1. The predicted octanol–water partition coefficient (Wildman–Crippen LogP) is 4.71. The van der Waals surface area contributed by atoms with Gasteiger partial charge in [0.1, 0.15) is 23.7 Å². The number of hydrogen-bond donors (Lipinski definition) is 2. The minimum Gasteiger partial charge on any atom is -0.490 e. The van der Waals surface area contributed by atoms with Crippen molar-refractivity contribution in [3.05, 3.63) is 53.3 Å². The summed E-state index contributed by atoms with van der Waals surface area (Å²) in [6, 6.07) is 6.17. The molecule has 1 aliphatic rings. The Morgan fingerprint density at radius 2 is 1.94 bits per heavy atom. The Labute approximate surface area is 181 Å². The Kier molecular flexibility index (Phi) is 7.70. The van der Waals surface area contributed by atoms with Crippen LogP contribution in [-0.2, 0) is 9.47 Å². The molecule has 1 saturated heterocycles. The van der Waals surface area contributed by atoms with Crippen molar-refractivity contribution >= 4 is 5.97 Å². The predicted molar refractivity (Wildman–Crippen MR) is 105 cm³/mol. The maximum Gasteiger partial charge on any atom is 0.418 e. The molecular formula is C22H22F4O6. The van der Waals surface area contributed by atoms with E-state index in [0.717, 1.165) is 43.5 Å². The highest BCUT2D eigenvalue weighted by Gasteiger charge is 2.39. The van der Waals surface area contributed by atoms with Gasteiger partial charge in [-0.1, -0.05) is 12.1 Å². The normalized spacial score (nSPS) is 17.7. The number of aromatic carboxylic acids is 1. The van der Waals surface area contributed by atoms with Crippen molar-refractivity contribution in [2.24, 2.45) is 0 Å². The van der Waals surface area contributed by atoms with Crippen LogP contribution in [0, 0.1) is 5.82 Å². The molecule has 32 heavy (non-hydrogen) atoms. The lowest BCUT2D eigenvalue weighted by atomic mass is 9.98. The van der Waals surface area contributed by atoms with Gasteiger partial charge in [-0.2, -0.15) is 13.2 Å². The van der Waals surface area contributed by atoms with E-state index in [1.807, 2.05) is 0 Å². The van der Waals surface area contributed by atoms with Crippen LogP contribution in [0.4, 0.5) is 17.6 Å². The first-order valence-electron chi connectivity index (χ1n) is 9.95. The number of halogens is 4. The van der Waals surface area contributed by atoms with Crippen molar-refractivity contribution in [3.8, 4) is 16.9 Å². The molecule has 0 spiro atoms. The summed E-state index contributed by atoms with van der Waals surface area (Å²) in [5, 5.41) is 18.9. The van der Waals surface area contributed by atoms with Crippen molar-refractivity contribution in [1.82, 2.24) is 0 Å². The molecule has 1 heterocycles. The van der Waals surface area contributed by atoms with E-state index < -0.39 is 29.6 Å². The van der Waals surface area contributed by atoms with E-state index in [0.29, 0.717) is 6.61 Å². The quantitative estimate of drug-likeness (QED) is 0.440. The SMILES string of the molecule is O=C(O)c1cc(-c2cc(C(O)C(F)(F)F)ccc2F)ccc1OCCOC1CCCCO1. The lowest BCUT2D eigenvalue weighted by Crippen LogP contribution is -2.24. The molecule has 6 nitrogen and oxygen atoms in total. The van der Waals surface area contributed by atoms with E-state index >= 15 is 0 Å². The van der Waals surface area contributed by atoms with Gasteiger partial charge in [0, 0.05) is 12.2 Å². The van der Waals surface area contributed by atoms with Crippen LogP contribution in [0.25, 0.3) is 11.1 Å². The maximum absolute atomic E-state index is 14.3. The fourth-order valence-electron chi connectivity index (χ4n) is 3.29. The fourth-order valence-corrected chi connectivity index (χ4v) is 3.29. The van der Waals surface area contributed by atoms with Crippen molar-refractivity contribution < 1.29 is 46.8 Å². The van der Waals surface area contributed by atoms with E-state index in [-0.39, 0.29) is 41.9 Å². The number of benzene rings is 2. The highest BCUT2D eigenvalue weighted by molar-refractivity contribution is 5.92. The van der Waals surface area contributed by atoms with E-state index in [9.17, 15) is 32.6 Å². The van der Waals surface area contributed by atoms with Gasteiger partial charge in [0.2, 0.25) is 0 Å². The summed E-state index contributed by atoms with van der Waals surface area (Å²) in [6.07, 6.45) is -5.31. The number of aliphatic hydroxyl groups is 1. The number of aliphatic hydroxyl groups excluding tert-OH is 1. The van der Waals surface area contributed by atoms with E-state index in [2.05, 4.69) is 0 Å². The van der Waals surface area contributed by atoms with Crippen molar-refractivity contribution in [3.63, 3.8) is 0 Å². The molecule has 0 aromatic heterocycles. The van der Waals surface area contributed by atoms with Crippen LogP contribution < -0.4 is 4.74 Å². The van der Waals surface area contributed by atoms with Gasteiger partial charge in [-0.25, -0.2) is 9.18 Å². The molecule has 0 radical (unpaired) electrons. The average Bonchev–Trinajstić information content (AvgIpc) is 2.76. The van der Waals surface area contributed by atoms with Crippen LogP contribution >= 0.6 is 0 Å². The van der Waals surface area contributed by atoms with E-state index in [1.54, 1.807) is 0 Å². The molecule has 174 valence electrons. The van der Waals surface area contributed by atoms with Crippen LogP contribution in [0.15, 0.2) is 36.4 Å². The molecule has 2 aromatic carbocycles. The first kappa shape index (κ1) is 24.0. The van der Waals surface area contributed by atoms with Crippen LogP contribution in [0.1, 0.15) is 41.3 Å². The third-order valence-corrected chi connectivity index (χ3v) is 4.92. The van der Waals surface area contributed by atoms with Gasteiger partial charge in [0.15, 0.2) is 12.4 Å².